The summed E-state index contributed by atoms with van der Waals surface area (Å²) in [5, 5.41) is 7.57. The summed E-state index contributed by atoms with van der Waals surface area (Å²) in [4.78, 5) is 54.8. The first kappa shape index (κ1) is 57.8. The first-order valence-corrected chi connectivity index (χ1v) is 28.7. The van der Waals surface area contributed by atoms with Crippen LogP contribution in [0.5, 0.6) is 17.2 Å². The predicted molar refractivity (Wildman–Crippen MR) is 297 cm³/mol. The number of hydrazone groups is 1. The second-order valence-corrected chi connectivity index (χ2v) is 21.4. The van der Waals surface area contributed by atoms with Crippen LogP contribution in [0.3, 0.4) is 0 Å². The quantitative estimate of drug-likeness (QED) is 0.0121. The van der Waals surface area contributed by atoms with Crippen molar-refractivity contribution in [1.82, 2.24) is 4.98 Å². The normalized spacial score (nSPS) is 20.6. The summed E-state index contributed by atoms with van der Waals surface area (Å²) < 4.78 is 40.5. The van der Waals surface area contributed by atoms with Gasteiger partial charge in [0.05, 0.1) is 74.5 Å². The predicted octanol–water partition coefficient (Wildman–Crippen LogP) is 12.8. The smallest absolute Gasteiger partial charge is 0.330 e. The number of ether oxygens (including phenoxy) is 7. The highest BCUT2D eigenvalue weighted by Gasteiger charge is 2.34. The van der Waals surface area contributed by atoms with Gasteiger partial charge >= 0.3 is 23.9 Å². The number of hydrogen-bond acceptors (Lipinski definition) is 15. The summed E-state index contributed by atoms with van der Waals surface area (Å²) in [6, 6.07) is 21.3. The molecule has 0 atom stereocenters. The maximum atomic E-state index is 14.0. The Labute approximate surface area is 453 Å². The molecule has 0 N–H and O–H groups in total. The summed E-state index contributed by atoms with van der Waals surface area (Å²) in [5.41, 5.74) is 2.82. The lowest BCUT2D eigenvalue weighted by Gasteiger charge is -2.38. The molecule has 0 bridgehead atoms. The maximum absolute atomic E-state index is 14.0. The molecule has 3 fully saturated rings. The molecule has 7 rings (SSSR count). The van der Waals surface area contributed by atoms with Gasteiger partial charge in [-0.1, -0.05) is 75.3 Å². The van der Waals surface area contributed by atoms with Gasteiger partial charge in [0.25, 0.3) is 0 Å². The van der Waals surface area contributed by atoms with E-state index in [0.717, 1.165) is 72.6 Å². The molecular formula is C61H79N3O11S. The van der Waals surface area contributed by atoms with E-state index in [9.17, 15) is 19.2 Å². The van der Waals surface area contributed by atoms with E-state index < -0.39 is 11.9 Å². The van der Waals surface area contributed by atoms with Crippen LogP contribution in [0.15, 0.2) is 97.1 Å². The Balaban J connectivity index is 0.956. The Morgan fingerprint density at radius 3 is 1.93 bits per heavy atom. The van der Waals surface area contributed by atoms with Crippen molar-refractivity contribution in [3.05, 3.63) is 103 Å². The van der Waals surface area contributed by atoms with Crippen LogP contribution in [0, 0.1) is 29.6 Å². The Morgan fingerprint density at radius 1 is 0.658 bits per heavy atom. The number of nitrogens with zero attached hydrogens (tertiary/aromatic N) is 3. The highest BCUT2D eigenvalue weighted by Crippen LogP contribution is 2.45. The number of carbonyl (C=O) groups excluding carboxylic acids is 4. The lowest BCUT2D eigenvalue weighted by atomic mass is 9.68. The van der Waals surface area contributed by atoms with Gasteiger partial charge in [-0.15, -0.1) is 0 Å². The first-order valence-electron chi connectivity index (χ1n) is 27.9. The number of esters is 4. The molecule has 0 saturated heterocycles. The van der Waals surface area contributed by atoms with Crippen molar-refractivity contribution in [1.29, 1.82) is 0 Å². The monoisotopic (exact) mass is 1060 g/mol. The molecule has 0 unspecified atom stereocenters. The average molecular weight is 1060 g/mol. The van der Waals surface area contributed by atoms with Gasteiger partial charge < -0.3 is 33.2 Å². The van der Waals surface area contributed by atoms with E-state index in [0.29, 0.717) is 99.1 Å². The zero-order chi connectivity index (χ0) is 53.3. The molecule has 1 heterocycles. The molecule has 3 aromatic carbocycles. The Morgan fingerprint density at radius 2 is 1.26 bits per heavy atom. The van der Waals surface area contributed by atoms with E-state index in [4.69, 9.17) is 43.2 Å². The van der Waals surface area contributed by atoms with E-state index in [-0.39, 0.29) is 37.0 Å². The summed E-state index contributed by atoms with van der Waals surface area (Å²) in [6.45, 7) is 11.9. The summed E-state index contributed by atoms with van der Waals surface area (Å²) in [5.74, 6) is 2.36. The third kappa shape index (κ3) is 18.4. The van der Waals surface area contributed by atoms with Crippen molar-refractivity contribution >= 4 is 56.8 Å². The molecule has 3 aliphatic carbocycles. The molecule has 0 spiro atoms. The third-order valence-corrected chi connectivity index (χ3v) is 16.2. The lowest BCUT2D eigenvalue weighted by molar-refractivity contribution is -0.145. The molecule has 0 amide bonds. The van der Waals surface area contributed by atoms with Crippen molar-refractivity contribution in [3.63, 3.8) is 0 Å². The van der Waals surface area contributed by atoms with Crippen LogP contribution in [0.2, 0.25) is 0 Å². The zero-order valence-electron chi connectivity index (χ0n) is 44.6. The van der Waals surface area contributed by atoms with E-state index in [1.165, 1.54) is 63.0 Å². The highest BCUT2D eigenvalue weighted by molar-refractivity contribution is 7.22. The number of para-hydroxylation sites is 1. The second kappa shape index (κ2) is 31.4. The molecule has 14 nitrogen and oxygen atoms in total. The van der Waals surface area contributed by atoms with Gasteiger partial charge in [-0.05, 0) is 168 Å². The fraction of sp³-hybridized carbons (Fsp3) is 0.541. The highest BCUT2D eigenvalue weighted by atomic mass is 32.1. The van der Waals surface area contributed by atoms with Crippen molar-refractivity contribution in [2.75, 3.05) is 57.8 Å². The molecule has 0 aliphatic heterocycles. The molecule has 3 aliphatic rings. The number of fused-ring (bicyclic) bond motifs is 1. The molecule has 4 aromatic rings. The molecule has 1 aromatic heterocycles. The van der Waals surface area contributed by atoms with Crippen LogP contribution in [0.25, 0.3) is 10.2 Å². The minimum Gasteiger partial charge on any atom is -0.494 e. The number of carbonyl (C=O) groups is 4. The molecule has 410 valence electrons. The van der Waals surface area contributed by atoms with Gasteiger partial charge in [-0.2, -0.15) is 5.10 Å². The Bertz CT molecular complexity index is 2450. The lowest BCUT2D eigenvalue weighted by Crippen LogP contribution is -2.30. The number of thiazole rings is 1. The summed E-state index contributed by atoms with van der Waals surface area (Å²) in [7, 11) is 0. The SMILES string of the molecule is C=CC(=O)OCCCCCCOc1ccc(OC(=O)C2CCC(C(=O)Oc3ccc(C4CCC(C5CCC(CCC)CC5)CC4)cc3/C=N/N(CCOCCOCCOC(=O)C=C)c3nc4ccccc4s3)CC2)cc1. The van der Waals surface area contributed by atoms with Crippen LogP contribution in [-0.4, -0.2) is 87.9 Å². The fourth-order valence-corrected chi connectivity index (χ4v) is 11.8. The van der Waals surface area contributed by atoms with Gasteiger partial charge in [-0.3, -0.25) is 9.59 Å². The second-order valence-electron chi connectivity index (χ2n) is 20.4. The largest absolute Gasteiger partial charge is 0.494 e. The van der Waals surface area contributed by atoms with Gasteiger partial charge in [0.2, 0.25) is 5.13 Å². The number of hydrogen-bond donors (Lipinski definition) is 0. The van der Waals surface area contributed by atoms with Crippen LogP contribution >= 0.6 is 11.3 Å². The van der Waals surface area contributed by atoms with Crippen molar-refractivity contribution in [3.8, 4) is 17.2 Å². The maximum Gasteiger partial charge on any atom is 0.330 e. The molecule has 3 saturated carbocycles. The van der Waals surface area contributed by atoms with E-state index in [2.05, 4.69) is 32.2 Å². The molecule has 0 radical (unpaired) electrons. The van der Waals surface area contributed by atoms with E-state index >= 15 is 0 Å². The number of benzene rings is 3. The fourth-order valence-electron chi connectivity index (χ4n) is 10.9. The summed E-state index contributed by atoms with van der Waals surface area (Å²) in [6.07, 6.45) is 22.6. The van der Waals surface area contributed by atoms with Crippen LogP contribution in [-0.2, 0) is 38.1 Å². The zero-order valence-corrected chi connectivity index (χ0v) is 45.4. The number of rotatable bonds is 30. The van der Waals surface area contributed by atoms with Crippen LogP contribution < -0.4 is 19.2 Å². The minimum absolute atomic E-state index is 0.140. The number of anilines is 1. The van der Waals surface area contributed by atoms with E-state index in [1.54, 1.807) is 41.8 Å². The van der Waals surface area contributed by atoms with Gasteiger partial charge in [-0.25, -0.2) is 19.6 Å². The van der Waals surface area contributed by atoms with Crippen molar-refractivity contribution in [2.45, 2.75) is 128 Å². The Kier molecular flexibility index (Phi) is 23.8. The summed E-state index contributed by atoms with van der Waals surface area (Å²) >= 11 is 1.54. The first-order chi connectivity index (χ1) is 37.2. The van der Waals surface area contributed by atoms with Gasteiger partial charge in [0, 0.05) is 17.7 Å². The average Bonchev–Trinajstić information content (AvgIpc) is 3.89. The topological polar surface area (TPSA) is 161 Å². The molecular weight excluding hydrogens is 983 g/mol. The number of aromatic nitrogens is 1. The minimum atomic E-state index is -0.487. The third-order valence-electron chi connectivity index (χ3n) is 15.2. The Hall–Kier alpha value is -5.90. The van der Waals surface area contributed by atoms with Gasteiger partial charge in [0.15, 0.2) is 0 Å². The van der Waals surface area contributed by atoms with Crippen LogP contribution in [0.1, 0.15) is 140 Å². The molecule has 15 heteroatoms. The van der Waals surface area contributed by atoms with E-state index in [1.807, 2.05) is 35.3 Å². The van der Waals surface area contributed by atoms with Crippen molar-refractivity contribution < 1.29 is 52.3 Å². The molecule has 76 heavy (non-hydrogen) atoms. The number of unbranched alkanes of at least 4 members (excludes halogenated alkanes) is 3. The standard InChI is InChI=1S/C61H79N3O11S/c1-4-13-44-16-18-45(19-17-44)46-20-22-47(23-21-46)50-28-33-55(51(42-50)43-62-64(61-63-54-14-9-10-15-56(54)76-61)34-37-69-38-39-70-40-41-73-58(66)6-3)75-60(68)49-26-24-48(25-27-49)59(67)74-53-31-29-52(30-32-53)71-35-11-7-8-12-36-72-57(65)5-2/h5-6,9-10,14-15,28-33,42-49H,2-4,7-8,11-13,16-27,34-41H2,1H3/b62-43+. The van der Waals surface area contributed by atoms with Crippen molar-refractivity contribution in [2.24, 2.45) is 34.7 Å². The van der Waals surface area contributed by atoms with Gasteiger partial charge in [0.1, 0.15) is 23.9 Å². The van der Waals surface area contributed by atoms with Crippen LogP contribution in [0.4, 0.5) is 5.13 Å².